The van der Waals surface area contributed by atoms with Crippen molar-refractivity contribution in [2.75, 3.05) is 0 Å². The summed E-state index contributed by atoms with van der Waals surface area (Å²) >= 11 is 0. The summed E-state index contributed by atoms with van der Waals surface area (Å²) in [6, 6.07) is 0. The van der Waals surface area contributed by atoms with Gasteiger partial charge in [0.2, 0.25) is 5.79 Å². The van der Waals surface area contributed by atoms with Crippen molar-refractivity contribution in [3.8, 4) is 0 Å². The second kappa shape index (κ2) is 5.99. The van der Waals surface area contributed by atoms with E-state index in [-0.39, 0.29) is 12.8 Å². The number of allylic oxidation sites excluding steroid dienone is 1. The zero-order valence-electron chi connectivity index (χ0n) is 12.4. The Morgan fingerprint density at radius 2 is 2.29 bits per heavy atom. The van der Waals surface area contributed by atoms with Gasteiger partial charge in [-0.1, -0.05) is 12.2 Å². The lowest BCUT2D eigenvalue weighted by Crippen LogP contribution is -2.44. The predicted molar refractivity (Wildman–Crippen MR) is 73.1 cm³/mol. The van der Waals surface area contributed by atoms with Crippen molar-refractivity contribution in [3.63, 3.8) is 0 Å². The first-order chi connectivity index (χ1) is 9.85. The fourth-order valence-electron chi connectivity index (χ4n) is 2.20. The van der Waals surface area contributed by atoms with Crippen LogP contribution in [0.4, 0.5) is 0 Å². The Kier molecular flexibility index (Phi) is 4.49. The SMILES string of the molecule is C/C=C(\C)C(=O)OC1CCC(=O)OC(C)C2(O)C=CC1O2. The first kappa shape index (κ1) is 15.7. The molecule has 2 bridgehead atoms. The summed E-state index contributed by atoms with van der Waals surface area (Å²) in [6.45, 7) is 4.94. The number of fused-ring (bicyclic) bond motifs is 2. The molecule has 0 saturated carbocycles. The molecule has 0 aromatic rings. The minimum Gasteiger partial charge on any atom is -0.457 e. The highest BCUT2D eigenvalue weighted by Crippen LogP contribution is 2.32. The molecule has 0 amide bonds. The van der Waals surface area contributed by atoms with Crippen LogP contribution in [-0.4, -0.2) is 41.1 Å². The Labute approximate surface area is 123 Å². The van der Waals surface area contributed by atoms with Gasteiger partial charge >= 0.3 is 11.9 Å². The average Bonchev–Trinajstić information content (AvgIpc) is 2.86. The number of aliphatic hydroxyl groups is 1. The van der Waals surface area contributed by atoms with Crippen molar-refractivity contribution >= 4 is 11.9 Å². The summed E-state index contributed by atoms with van der Waals surface area (Å²) in [4.78, 5) is 23.6. The van der Waals surface area contributed by atoms with E-state index >= 15 is 0 Å². The van der Waals surface area contributed by atoms with Crippen molar-refractivity contribution in [2.24, 2.45) is 0 Å². The monoisotopic (exact) mass is 296 g/mol. The molecule has 0 spiro atoms. The van der Waals surface area contributed by atoms with Gasteiger partial charge in [0, 0.05) is 12.0 Å². The number of rotatable bonds is 2. The van der Waals surface area contributed by atoms with Crippen molar-refractivity contribution in [3.05, 3.63) is 23.8 Å². The fraction of sp³-hybridized carbons (Fsp3) is 0.600. The van der Waals surface area contributed by atoms with Gasteiger partial charge in [-0.25, -0.2) is 4.79 Å². The lowest BCUT2D eigenvalue weighted by molar-refractivity contribution is -0.239. The average molecular weight is 296 g/mol. The molecule has 2 aliphatic rings. The lowest BCUT2D eigenvalue weighted by atomic mass is 10.1. The zero-order valence-corrected chi connectivity index (χ0v) is 12.4. The van der Waals surface area contributed by atoms with Crippen LogP contribution >= 0.6 is 0 Å². The van der Waals surface area contributed by atoms with Crippen LogP contribution in [-0.2, 0) is 23.8 Å². The lowest BCUT2D eigenvalue weighted by Gasteiger charge is -2.29. The van der Waals surface area contributed by atoms with Crippen molar-refractivity contribution in [1.82, 2.24) is 0 Å². The molecule has 4 atom stereocenters. The van der Waals surface area contributed by atoms with Gasteiger partial charge in [0.1, 0.15) is 12.2 Å². The third kappa shape index (κ3) is 3.33. The maximum atomic E-state index is 11.9. The molecule has 116 valence electrons. The van der Waals surface area contributed by atoms with E-state index < -0.39 is 36.0 Å². The van der Waals surface area contributed by atoms with Gasteiger partial charge in [-0.3, -0.25) is 4.79 Å². The third-order valence-electron chi connectivity index (χ3n) is 3.75. The van der Waals surface area contributed by atoms with E-state index in [2.05, 4.69) is 0 Å². The molecule has 2 heterocycles. The molecule has 0 aromatic heterocycles. The second-order valence-corrected chi connectivity index (χ2v) is 5.28. The van der Waals surface area contributed by atoms with Crippen LogP contribution in [0, 0.1) is 0 Å². The van der Waals surface area contributed by atoms with Gasteiger partial charge in [0.05, 0.1) is 0 Å². The van der Waals surface area contributed by atoms with Crippen LogP contribution < -0.4 is 0 Å². The van der Waals surface area contributed by atoms with E-state index in [1.807, 2.05) is 0 Å². The Morgan fingerprint density at radius 3 is 2.95 bits per heavy atom. The minimum absolute atomic E-state index is 0.0982. The van der Waals surface area contributed by atoms with Crippen molar-refractivity contribution in [2.45, 2.75) is 57.7 Å². The summed E-state index contributed by atoms with van der Waals surface area (Å²) in [6.07, 6.45) is 3.03. The quantitative estimate of drug-likeness (QED) is 0.469. The van der Waals surface area contributed by atoms with E-state index in [9.17, 15) is 14.7 Å². The van der Waals surface area contributed by atoms with Gasteiger partial charge < -0.3 is 19.3 Å². The summed E-state index contributed by atoms with van der Waals surface area (Å²) in [5.74, 6) is -2.59. The highest BCUT2D eigenvalue weighted by Gasteiger charge is 2.45. The number of hydrogen-bond acceptors (Lipinski definition) is 6. The molecule has 1 fully saturated rings. The summed E-state index contributed by atoms with van der Waals surface area (Å²) in [7, 11) is 0. The van der Waals surface area contributed by atoms with Crippen LogP contribution in [0.1, 0.15) is 33.6 Å². The number of carbonyl (C=O) groups excluding carboxylic acids is 2. The summed E-state index contributed by atoms with van der Waals surface area (Å²) < 4.78 is 16.0. The van der Waals surface area contributed by atoms with Gasteiger partial charge in [0.25, 0.3) is 0 Å². The molecule has 2 aliphatic heterocycles. The highest BCUT2D eigenvalue weighted by atomic mass is 16.7. The van der Waals surface area contributed by atoms with Crippen molar-refractivity contribution in [1.29, 1.82) is 0 Å². The van der Waals surface area contributed by atoms with E-state index in [0.717, 1.165) is 0 Å². The first-order valence-electron chi connectivity index (χ1n) is 6.98. The Bertz CT molecular complexity index is 494. The molecule has 6 heteroatoms. The Hall–Kier alpha value is -1.66. The summed E-state index contributed by atoms with van der Waals surface area (Å²) in [5, 5.41) is 10.3. The summed E-state index contributed by atoms with van der Waals surface area (Å²) in [5.41, 5.74) is 0.475. The normalized spacial score (nSPS) is 36.5. The van der Waals surface area contributed by atoms with E-state index in [1.54, 1.807) is 32.9 Å². The molecule has 21 heavy (non-hydrogen) atoms. The van der Waals surface area contributed by atoms with Crippen LogP contribution in [0.3, 0.4) is 0 Å². The molecule has 0 aliphatic carbocycles. The number of esters is 2. The molecular weight excluding hydrogens is 276 g/mol. The minimum atomic E-state index is -1.68. The van der Waals surface area contributed by atoms with Gasteiger partial charge in [-0.2, -0.15) is 0 Å². The Morgan fingerprint density at radius 1 is 1.57 bits per heavy atom. The zero-order chi connectivity index (χ0) is 15.6. The van der Waals surface area contributed by atoms with E-state index in [1.165, 1.54) is 6.08 Å². The number of ether oxygens (including phenoxy) is 3. The smallest absolute Gasteiger partial charge is 0.333 e. The predicted octanol–water partition coefficient (Wildman–Crippen LogP) is 1.23. The third-order valence-corrected chi connectivity index (χ3v) is 3.75. The first-order valence-corrected chi connectivity index (χ1v) is 6.98. The van der Waals surface area contributed by atoms with E-state index in [4.69, 9.17) is 14.2 Å². The second-order valence-electron chi connectivity index (χ2n) is 5.28. The topological polar surface area (TPSA) is 82.1 Å². The number of hydrogen-bond donors (Lipinski definition) is 1. The Balaban J connectivity index is 2.17. The highest BCUT2D eigenvalue weighted by molar-refractivity contribution is 5.87. The standard InChI is InChI=1S/C15H20O6/c1-4-9(2)14(17)20-11-5-6-13(16)19-10(3)15(18)8-7-12(11)21-15/h4,7-8,10-12,18H,5-6H2,1-3H3/b9-4+. The number of carbonyl (C=O) groups is 2. The number of cyclic esters (lactones) is 1. The molecule has 4 unspecified atom stereocenters. The maximum absolute atomic E-state index is 11.9. The van der Waals surface area contributed by atoms with Gasteiger partial charge in [-0.05, 0) is 33.3 Å². The molecule has 2 rings (SSSR count). The largest absolute Gasteiger partial charge is 0.457 e. The maximum Gasteiger partial charge on any atom is 0.333 e. The fourth-order valence-corrected chi connectivity index (χ4v) is 2.20. The van der Waals surface area contributed by atoms with Crippen molar-refractivity contribution < 1.29 is 28.9 Å². The molecule has 0 radical (unpaired) electrons. The van der Waals surface area contributed by atoms with Gasteiger partial charge in [0.15, 0.2) is 6.10 Å². The molecular formula is C15H20O6. The van der Waals surface area contributed by atoms with Crippen LogP contribution in [0.15, 0.2) is 23.8 Å². The van der Waals surface area contributed by atoms with Crippen LogP contribution in [0.25, 0.3) is 0 Å². The molecule has 6 nitrogen and oxygen atoms in total. The van der Waals surface area contributed by atoms with Crippen LogP contribution in [0.5, 0.6) is 0 Å². The van der Waals surface area contributed by atoms with E-state index in [0.29, 0.717) is 5.57 Å². The molecule has 1 N–H and O–H groups in total. The van der Waals surface area contributed by atoms with Gasteiger partial charge in [-0.15, -0.1) is 0 Å². The molecule has 0 aromatic carbocycles. The molecule has 1 saturated heterocycles. The van der Waals surface area contributed by atoms with Crippen LogP contribution in [0.2, 0.25) is 0 Å².